The summed E-state index contributed by atoms with van der Waals surface area (Å²) in [6.07, 6.45) is 0. The Labute approximate surface area is 304 Å². The Balaban J connectivity index is 0.000000146. The van der Waals surface area contributed by atoms with Gasteiger partial charge in [0, 0.05) is 45.4 Å². The van der Waals surface area contributed by atoms with Gasteiger partial charge in [0.1, 0.15) is 17.0 Å². The van der Waals surface area contributed by atoms with Crippen LogP contribution in [0, 0.1) is 19.3 Å². The second-order valence-corrected chi connectivity index (χ2v) is 12.3. The predicted octanol–water partition coefficient (Wildman–Crippen LogP) is 11.9. The van der Waals surface area contributed by atoms with Crippen LogP contribution in [-0.4, -0.2) is 24.2 Å². The fourth-order valence-corrected chi connectivity index (χ4v) is 6.38. The quantitative estimate of drug-likeness (QED) is 0.144. The third kappa shape index (κ3) is 7.40. The van der Waals surface area contributed by atoms with E-state index in [1.807, 2.05) is 54.6 Å². The number of rotatable bonds is 3. The molecule has 7 aromatic carbocycles. The van der Waals surface area contributed by atoms with E-state index >= 15 is 0 Å². The zero-order valence-electron chi connectivity index (χ0n) is 29.8. The number of nitrogens with one attached hydrogen (secondary N) is 1. The lowest BCUT2D eigenvalue weighted by Crippen LogP contribution is -2.12. The van der Waals surface area contributed by atoms with E-state index < -0.39 is 0 Å². The van der Waals surface area contributed by atoms with Crippen molar-refractivity contribution in [3.8, 4) is 16.8 Å². The minimum atomic E-state index is 0.531. The highest BCUT2D eigenvalue weighted by molar-refractivity contribution is 6.10. The van der Waals surface area contributed by atoms with Crippen LogP contribution >= 0.6 is 0 Å². The number of fused-ring (bicyclic) bond motifs is 6. The molecular formula is C47H42N4O. The first-order chi connectivity index (χ1) is 25.5. The van der Waals surface area contributed by atoms with E-state index in [1.165, 1.54) is 38.6 Å². The summed E-state index contributed by atoms with van der Waals surface area (Å²) in [5, 5.41) is 10.4. The van der Waals surface area contributed by atoms with Crippen LogP contribution in [0.5, 0.6) is 0 Å². The molecule has 0 fully saturated rings. The molecule has 0 saturated carbocycles. The lowest BCUT2D eigenvalue weighted by atomic mass is 10.0. The van der Waals surface area contributed by atoms with Crippen molar-refractivity contribution in [1.29, 1.82) is 5.41 Å². The van der Waals surface area contributed by atoms with Gasteiger partial charge in [-0.3, -0.25) is 4.99 Å². The van der Waals surface area contributed by atoms with E-state index in [-0.39, 0.29) is 0 Å². The molecule has 0 aliphatic rings. The number of aliphatic imine (C=N–C) groups is 1. The van der Waals surface area contributed by atoms with Crippen molar-refractivity contribution in [2.24, 2.45) is 10.7 Å². The number of nitrogens with two attached hydrogens (primary N) is 1. The lowest BCUT2D eigenvalue weighted by Gasteiger charge is -2.07. The Hall–Kier alpha value is -6.72. The first-order valence-corrected chi connectivity index (χ1v) is 17.2. The van der Waals surface area contributed by atoms with Crippen LogP contribution in [0.3, 0.4) is 0 Å². The number of furan rings is 1. The maximum Gasteiger partial charge on any atom is 0.143 e. The fraction of sp³-hybridized carbons (Fsp3) is 0.0638. The molecule has 0 radical (unpaired) electrons. The van der Waals surface area contributed by atoms with Crippen LogP contribution in [0.15, 0.2) is 179 Å². The topological polar surface area (TPSA) is 80.3 Å². The van der Waals surface area contributed by atoms with Gasteiger partial charge in [-0.05, 0) is 62.5 Å². The average molecular weight is 679 g/mol. The van der Waals surface area contributed by atoms with Crippen LogP contribution < -0.4 is 5.73 Å². The van der Waals surface area contributed by atoms with Gasteiger partial charge in [-0.2, -0.15) is 0 Å². The highest BCUT2D eigenvalue weighted by atomic mass is 16.3. The fourth-order valence-electron chi connectivity index (χ4n) is 6.38. The van der Waals surface area contributed by atoms with Crippen molar-refractivity contribution in [1.82, 2.24) is 4.57 Å². The Morgan fingerprint density at radius 2 is 1.12 bits per heavy atom. The number of hydrogen-bond donors (Lipinski definition) is 2. The molecule has 9 rings (SSSR count). The molecule has 5 heteroatoms. The second kappa shape index (κ2) is 16.3. The van der Waals surface area contributed by atoms with E-state index in [0.29, 0.717) is 5.84 Å². The molecule has 5 nitrogen and oxygen atoms in total. The Bertz CT molecular complexity index is 2540. The minimum Gasteiger partial charge on any atom is -0.455 e. The third-order valence-electron chi connectivity index (χ3n) is 8.93. The molecule has 0 bridgehead atoms. The van der Waals surface area contributed by atoms with Gasteiger partial charge in [-0.25, -0.2) is 0 Å². The number of benzene rings is 7. The summed E-state index contributed by atoms with van der Waals surface area (Å²) in [5.74, 6) is 0.531. The van der Waals surface area contributed by atoms with E-state index in [2.05, 4.69) is 145 Å². The van der Waals surface area contributed by atoms with Crippen molar-refractivity contribution in [2.45, 2.75) is 13.8 Å². The summed E-state index contributed by atoms with van der Waals surface area (Å²) in [6, 6.07) is 58.6. The van der Waals surface area contributed by atoms with Crippen LogP contribution in [-0.2, 0) is 0 Å². The minimum absolute atomic E-state index is 0.531. The standard InChI is InChI=1S/C20H16N2O.C19H15N.C7H8.CH3N/c1-22-20(21)14-7-4-6-13(12-14)15-9-5-10-17-16-8-2-3-11-18(16)23-19(15)17;1-14-10-12-15(13-11-14)20-18-8-4-2-6-16(18)17-7-3-5-9-19(17)20;1-7-5-3-2-4-6-7;1-2/h2-12H,1H3,(H2,21,22);2-13H,1H3;2-6H,1H3;2H,1H2. The summed E-state index contributed by atoms with van der Waals surface area (Å²) in [5.41, 5.74) is 17.1. The lowest BCUT2D eigenvalue weighted by molar-refractivity contribution is 0.670. The molecule has 3 N–H and O–H groups in total. The Morgan fingerprint density at radius 3 is 1.73 bits per heavy atom. The molecule has 0 aliphatic carbocycles. The van der Waals surface area contributed by atoms with Gasteiger partial charge in [-0.15, -0.1) is 0 Å². The van der Waals surface area contributed by atoms with Crippen LogP contribution in [0.1, 0.15) is 16.7 Å². The first-order valence-electron chi connectivity index (χ1n) is 17.2. The van der Waals surface area contributed by atoms with E-state index in [4.69, 9.17) is 15.6 Å². The predicted molar refractivity (Wildman–Crippen MR) is 222 cm³/mol. The third-order valence-corrected chi connectivity index (χ3v) is 8.93. The Kier molecular flexibility index (Phi) is 11.0. The molecule has 0 saturated heterocycles. The molecule has 9 aromatic rings. The van der Waals surface area contributed by atoms with E-state index in [1.54, 1.807) is 7.05 Å². The number of aryl methyl sites for hydroxylation is 2. The SMILES string of the molecule is C=N.CN=C(N)c1cccc(-c2cccc3c2oc2ccccc23)c1.Cc1ccc(-n2c3ccccc3c3ccccc32)cc1.Cc1ccccc1. The maximum atomic E-state index is 6.10. The van der Waals surface area contributed by atoms with Gasteiger partial charge in [0.2, 0.25) is 0 Å². The number of hydrogen-bond acceptors (Lipinski definition) is 3. The molecule has 256 valence electrons. The van der Waals surface area contributed by atoms with Gasteiger partial charge in [0.25, 0.3) is 0 Å². The molecule has 2 heterocycles. The number of aromatic nitrogens is 1. The highest BCUT2D eigenvalue weighted by Gasteiger charge is 2.13. The number of nitrogens with zero attached hydrogens (tertiary/aromatic N) is 2. The molecule has 52 heavy (non-hydrogen) atoms. The maximum absolute atomic E-state index is 6.10. The second-order valence-electron chi connectivity index (χ2n) is 12.3. The molecule has 2 aromatic heterocycles. The van der Waals surface area contributed by atoms with Gasteiger partial charge in [-0.1, -0.05) is 145 Å². The van der Waals surface area contributed by atoms with Crippen molar-refractivity contribution in [2.75, 3.05) is 7.05 Å². The van der Waals surface area contributed by atoms with Crippen molar-refractivity contribution in [3.05, 3.63) is 187 Å². The average Bonchev–Trinajstić information content (AvgIpc) is 3.76. The van der Waals surface area contributed by atoms with Crippen LogP contribution in [0.25, 0.3) is 60.6 Å². The first kappa shape index (κ1) is 35.1. The highest BCUT2D eigenvalue weighted by Crippen LogP contribution is 2.36. The van der Waals surface area contributed by atoms with Crippen molar-refractivity contribution < 1.29 is 4.42 Å². The zero-order chi connectivity index (χ0) is 36.5. The molecule has 0 amide bonds. The largest absolute Gasteiger partial charge is 0.455 e. The normalized spacial score (nSPS) is 10.9. The molecule has 0 spiro atoms. The summed E-state index contributed by atoms with van der Waals surface area (Å²) in [4.78, 5) is 4.06. The Morgan fingerprint density at radius 1 is 0.577 bits per heavy atom. The van der Waals surface area contributed by atoms with E-state index in [9.17, 15) is 0 Å². The zero-order valence-corrected chi connectivity index (χ0v) is 29.8. The summed E-state index contributed by atoms with van der Waals surface area (Å²) >= 11 is 0. The van der Waals surface area contributed by atoms with Crippen LogP contribution in [0.4, 0.5) is 0 Å². The smallest absolute Gasteiger partial charge is 0.143 e. The van der Waals surface area contributed by atoms with E-state index in [0.717, 1.165) is 38.6 Å². The molecule has 0 atom stereocenters. The van der Waals surface area contributed by atoms with Gasteiger partial charge >= 0.3 is 0 Å². The van der Waals surface area contributed by atoms with Gasteiger partial charge in [0.15, 0.2) is 0 Å². The van der Waals surface area contributed by atoms with Crippen molar-refractivity contribution >= 4 is 56.3 Å². The molecule has 0 unspecified atom stereocenters. The van der Waals surface area contributed by atoms with Gasteiger partial charge in [0.05, 0.1) is 11.0 Å². The number of para-hydroxylation sites is 4. The molecular weight excluding hydrogens is 637 g/mol. The summed E-state index contributed by atoms with van der Waals surface area (Å²) in [6.45, 7) is 6.70. The molecule has 0 aliphatic heterocycles. The summed E-state index contributed by atoms with van der Waals surface area (Å²) < 4.78 is 8.44. The van der Waals surface area contributed by atoms with Crippen molar-refractivity contribution in [3.63, 3.8) is 0 Å². The summed E-state index contributed by atoms with van der Waals surface area (Å²) in [7, 11) is 1.70. The van der Waals surface area contributed by atoms with Gasteiger partial charge < -0.3 is 20.1 Å². The monoisotopic (exact) mass is 678 g/mol. The van der Waals surface area contributed by atoms with Crippen LogP contribution in [0.2, 0.25) is 0 Å². The number of amidine groups is 1.